The predicted molar refractivity (Wildman–Crippen MR) is 100 cm³/mol. The summed E-state index contributed by atoms with van der Waals surface area (Å²) in [5.41, 5.74) is 2.52. The van der Waals surface area contributed by atoms with E-state index >= 15 is 0 Å². The van der Waals surface area contributed by atoms with Gasteiger partial charge in [-0.15, -0.1) is 0 Å². The van der Waals surface area contributed by atoms with Crippen LogP contribution in [0.3, 0.4) is 0 Å². The second kappa shape index (κ2) is 7.99. The number of hydrogen-bond donors (Lipinski definition) is 2. The van der Waals surface area contributed by atoms with Crippen LogP contribution in [-0.4, -0.2) is 54.1 Å². The van der Waals surface area contributed by atoms with Gasteiger partial charge < -0.3 is 19.3 Å². The van der Waals surface area contributed by atoms with Crippen LogP contribution in [0.1, 0.15) is 41.6 Å². The molecule has 1 aromatic carbocycles. The maximum Gasteiger partial charge on any atom is 0.410 e. The summed E-state index contributed by atoms with van der Waals surface area (Å²) in [6.07, 6.45) is 4.07. The van der Waals surface area contributed by atoms with Gasteiger partial charge in [0.1, 0.15) is 6.10 Å². The molecule has 0 spiro atoms. The van der Waals surface area contributed by atoms with Crippen molar-refractivity contribution >= 4 is 30.5 Å². The molecule has 1 saturated carbocycles. The van der Waals surface area contributed by atoms with E-state index in [1.54, 1.807) is 15.9 Å². The number of carbonyl (C=O) groups excluding carboxylic acids is 2. The Morgan fingerprint density at radius 3 is 2.36 bits per heavy atom. The Balaban J connectivity index is 1.53. The van der Waals surface area contributed by atoms with Crippen LogP contribution < -0.4 is 4.72 Å². The molecule has 0 unspecified atom stereocenters. The third-order valence-electron chi connectivity index (χ3n) is 4.99. The van der Waals surface area contributed by atoms with Gasteiger partial charge in [0.05, 0.1) is 0 Å². The molecular formula is C18H25N3O3S. The Morgan fingerprint density at radius 1 is 1.12 bits per heavy atom. The van der Waals surface area contributed by atoms with Gasteiger partial charge in [-0.2, -0.15) is 0 Å². The van der Waals surface area contributed by atoms with Gasteiger partial charge in [0.25, 0.3) is 5.91 Å². The fraction of sp³-hybridized carbons (Fsp3) is 0.556. The van der Waals surface area contributed by atoms with Crippen molar-refractivity contribution in [1.29, 1.82) is 0 Å². The highest BCUT2D eigenvalue weighted by molar-refractivity contribution is 7.81. The number of carbonyl (C=O) groups is 2. The van der Waals surface area contributed by atoms with Crippen molar-refractivity contribution in [1.82, 2.24) is 9.80 Å². The molecular weight excluding hydrogens is 338 g/mol. The molecule has 2 aliphatic rings. The van der Waals surface area contributed by atoms with Crippen LogP contribution in [0, 0.1) is 6.92 Å². The smallest absolute Gasteiger partial charge is 0.410 e. The zero-order valence-corrected chi connectivity index (χ0v) is 15.4. The van der Waals surface area contributed by atoms with E-state index in [0.29, 0.717) is 31.7 Å². The molecule has 0 atom stereocenters. The standard InChI is InChI=1S/C18H25N3O3S/c1-13-12-14(6-7-16(13)19-25)17(22)20-8-10-21(11-9-20)18(23)24-15-4-2-3-5-15/h6-7,12,15,19,25H,2-5,8-11H2,1H3. The summed E-state index contributed by atoms with van der Waals surface area (Å²) < 4.78 is 8.34. The zero-order chi connectivity index (χ0) is 17.8. The molecule has 1 aromatic rings. The minimum Gasteiger partial charge on any atom is -0.446 e. The number of anilines is 1. The highest BCUT2D eigenvalue weighted by Gasteiger charge is 2.28. The molecule has 1 heterocycles. The molecule has 0 radical (unpaired) electrons. The molecule has 7 heteroatoms. The Labute approximate surface area is 154 Å². The number of piperazine rings is 1. The summed E-state index contributed by atoms with van der Waals surface area (Å²) in [5.74, 6) is -0.00220. The lowest BCUT2D eigenvalue weighted by Crippen LogP contribution is -2.51. The van der Waals surface area contributed by atoms with Crippen molar-refractivity contribution in [3.8, 4) is 0 Å². The molecule has 25 heavy (non-hydrogen) atoms. The van der Waals surface area contributed by atoms with E-state index in [9.17, 15) is 9.59 Å². The number of nitrogens with zero attached hydrogens (tertiary/aromatic N) is 2. The largest absolute Gasteiger partial charge is 0.446 e. The summed E-state index contributed by atoms with van der Waals surface area (Å²) in [5, 5.41) is 0. The first-order valence-electron chi connectivity index (χ1n) is 8.84. The van der Waals surface area contributed by atoms with Gasteiger partial charge in [0.15, 0.2) is 0 Å². The highest BCUT2D eigenvalue weighted by Crippen LogP contribution is 2.22. The Morgan fingerprint density at radius 2 is 1.76 bits per heavy atom. The number of ether oxygens (including phenoxy) is 1. The molecule has 0 aromatic heterocycles. The number of thiol groups is 1. The molecule has 2 amide bonds. The van der Waals surface area contributed by atoms with E-state index in [2.05, 4.69) is 17.5 Å². The number of benzene rings is 1. The number of aryl methyl sites for hydroxylation is 1. The van der Waals surface area contributed by atoms with E-state index in [-0.39, 0.29) is 18.1 Å². The van der Waals surface area contributed by atoms with Gasteiger partial charge in [-0.25, -0.2) is 4.79 Å². The van der Waals surface area contributed by atoms with Crippen LogP contribution >= 0.6 is 12.8 Å². The zero-order valence-electron chi connectivity index (χ0n) is 14.5. The van der Waals surface area contributed by atoms with Crippen molar-refractivity contribution in [2.45, 2.75) is 38.7 Å². The third kappa shape index (κ3) is 4.21. The van der Waals surface area contributed by atoms with Crippen molar-refractivity contribution in [3.05, 3.63) is 29.3 Å². The topological polar surface area (TPSA) is 61.9 Å². The fourth-order valence-corrected chi connectivity index (χ4v) is 3.67. The number of amides is 2. The van der Waals surface area contributed by atoms with Crippen LogP contribution in [0.25, 0.3) is 0 Å². The van der Waals surface area contributed by atoms with Crippen LogP contribution in [-0.2, 0) is 4.74 Å². The van der Waals surface area contributed by atoms with Crippen molar-refractivity contribution in [2.24, 2.45) is 0 Å². The molecule has 0 bridgehead atoms. The lowest BCUT2D eigenvalue weighted by atomic mass is 10.1. The lowest BCUT2D eigenvalue weighted by molar-refractivity contribution is 0.0422. The molecule has 1 saturated heterocycles. The van der Waals surface area contributed by atoms with Crippen molar-refractivity contribution in [2.75, 3.05) is 30.9 Å². The van der Waals surface area contributed by atoms with Crippen LogP contribution in [0.4, 0.5) is 10.5 Å². The summed E-state index contributed by atoms with van der Waals surface area (Å²) in [6.45, 7) is 4.04. The Kier molecular flexibility index (Phi) is 5.73. The lowest BCUT2D eigenvalue weighted by Gasteiger charge is -2.34. The molecule has 3 rings (SSSR count). The Hall–Kier alpha value is -1.89. The monoisotopic (exact) mass is 363 g/mol. The maximum atomic E-state index is 12.7. The van der Waals surface area contributed by atoms with Crippen LogP contribution in [0.2, 0.25) is 0 Å². The summed E-state index contributed by atoms with van der Waals surface area (Å²) in [7, 11) is 0. The van der Waals surface area contributed by atoms with Crippen molar-refractivity contribution in [3.63, 3.8) is 0 Å². The first-order chi connectivity index (χ1) is 12.1. The molecule has 1 N–H and O–H groups in total. The fourth-order valence-electron chi connectivity index (χ4n) is 3.42. The maximum absolute atomic E-state index is 12.7. The third-order valence-corrected chi connectivity index (χ3v) is 5.23. The highest BCUT2D eigenvalue weighted by atomic mass is 32.1. The SMILES string of the molecule is Cc1cc(C(=O)N2CCN(C(=O)OC3CCCC3)CC2)ccc1NS. The number of rotatable bonds is 3. The van der Waals surface area contributed by atoms with Gasteiger partial charge in [0, 0.05) is 37.4 Å². The molecule has 6 nitrogen and oxygen atoms in total. The summed E-state index contributed by atoms with van der Waals surface area (Å²) in [6, 6.07) is 5.51. The van der Waals surface area contributed by atoms with Gasteiger partial charge in [-0.1, -0.05) is 12.8 Å². The van der Waals surface area contributed by atoms with E-state index in [1.807, 2.05) is 19.1 Å². The van der Waals surface area contributed by atoms with Crippen molar-refractivity contribution < 1.29 is 14.3 Å². The minimum atomic E-state index is -0.237. The van der Waals surface area contributed by atoms with Gasteiger partial charge >= 0.3 is 6.09 Å². The van der Waals surface area contributed by atoms with Crippen LogP contribution in [0.15, 0.2) is 18.2 Å². The normalized spacial score (nSPS) is 18.3. The van der Waals surface area contributed by atoms with Gasteiger partial charge in [0.2, 0.25) is 0 Å². The molecule has 1 aliphatic carbocycles. The second-order valence-corrected chi connectivity index (χ2v) is 6.93. The van der Waals surface area contributed by atoms with E-state index < -0.39 is 0 Å². The summed E-state index contributed by atoms with van der Waals surface area (Å²) >= 11 is 4.04. The number of nitrogens with one attached hydrogen (secondary N) is 1. The second-order valence-electron chi connectivity index (χ2n) is 6.71. The first-order valence-corrected chi connectivity index (χ1v) is 9.29. The van der Waals surface area contributed by atoms with Crippen LogP contribution in [0.5, 0.6) is 0 Å². The predicted octanol–water partition coefficient (Wildman–Crippen LogP) is 3.09. The van der Waals surface area contributed by atoms with E-state index in [4.69, 9.17) is 4.74 Å². The quantitative estimate of drug-likeness (QED) is 0.810. The summed E-state index contributed by atoms with van der Waals surface area (Å²) in [4.78, 5) is 28.4. The molecule has 136 valence electrons. The minimum absolute atomic E-state index is 0.00220. The Bertz CT molecular complexity index is 638. The average molecular weight is 363 g/mol. The van der Waals surface area contributed by atoms with E-state index in [0.717, 1.165) is 36.9 Å². The first kappa shape index (κ1) is 17.9. The molecule has 2 fully saturated rings. The van der Waals surface area contributed by atoms with E-state index in [1.165, 1.54) is 0 Å². The average Bonchev–Trinajstić information content (AvgIpc) is 3.14. The number of hydrogen-bond acceptors (Lipinski definition) is 5. The van der Waals surface area contributed by atoms with Gasteiger partial charge in [-0.05, 0) is 56.4 Å². The van der Waals surface area contributed by atoms with Gasteiger partial charge in [-0.3, -0.25) is 4.79 Å². The molecule has 1 aliphatic heterocycles.